The summed E-state index contributed by atoms with van der Waals surface area (Å²) in [6.45, 7) is -0.260. The van der Waals surface area contributed by atoms with Gasteiger partial charge in [-0.1, -0.05) is 53.5 Å². The van der Waals surface area contributed by atoms with E-state index in [4.69, 9.17) is 23.2 Å². The Balaban J connectivity index is 1.90. The first-order chi connectivity index (χ1) is 16.0. The van der Waals surface area contributed by atoms with Gasteiger partial charge in [-0.2, -0.15) is 13.2 Å². The number of carbonyl (C=O) groups excluding carboxylic acids is 2. The van der Waals surface area contributed by atoms with E-state index in [0.29, 0.717) is 5.56 Å². The zero-order valence-corrected chi connectivity index (χ0v) is 18.3. The van der Waals surface area contributed by atoms with E-state index < -0.39 is 51.7 Å². The molecule has 1 aromatic heterocycles. The summed E-state index contributed by atoms with van der Waals surface area (Å²) in [4.78, 5) is 52.5. The van der Waals surface area contributed by atoms with Crippen molar-refractivity contribution in [3.05, 3.63) is 96.1 Å². The molecule has 0 saturated heterocycles. The summed E-state index contributed by atoms with van der Waals surface area (Å²) in [5.74, 6) is -3.82. The fraction of sp³-hybridized carbons (Fsp3) is 0.143. The van der Waals surface area contributed by atoms with Crippen LogP contribution in [-0.2, 0) is 16.9 Å². The minimum atomic E-state index is -5.47. The number of halogens is 5. The highest BCUT2D eigenvalue weighted by Gasteiger charge is 2.68. The molecule has 8 nitrogen and oxygen atoms in total. The van der Waals surface area contributed by atoms with Crippen LogP contribution >= 0.6 is 23.2 Å². The number of nitrogens with zero attached hydrogens (tertiary/aromatic N) is 1. The van der Waals surface area contributed by atoms with Gasteiger partial charge in [0.05, 0.1) is 17.1 Å². The van der Waals surface area contributed by atoms with Crippen LogP contribution in [-0.4, -0.2) is 27.5 Å². The van der Waals surface area contributed by atoms with Gasteiger partial charge in [-0.15, -0.1) is 0 Å². The van der Waals surface area contributed by atoms with Crippen molar-refractivity contribution < 1.29 is 22.8 Å². The number of H-pyrrole nitrogens is 1. The Hall–Kier alpha value is -3.57. The Morgan fingerprint density at radius 3 is 2.35 bits per heavy atom. The van der Waals surface area contributed by atoms with Gasteiger partial charge in [-0.25, -0.2) is 4.79 Å². The van der Waals surface area contributed by atoms with Crippen molar-refractivity contribution in [1.82, 2.24) is 14.9 Å². The number of aromatic amines is 1. The topological polar surface area (TPSA) is 113 Å². The lowest BCUT2D eigenvalue weighted by Crippen LogP contribution is -2.62. The molecular formula is C21H13Cl2F3N4O4. The zero-order chi connectivity index (χ0) is 24.8. The SMILES string of the molecule is O=C(N[C@]1(C(F)(F)F)C(=O)Nc2c1c(=O)[nH]c(=O)n2Cc1ccccc1)c1ccc(Cl)cc1Cl. The Labute approximate surface area is 198 Å². The predicted molar refractivity (Wildman–Crippen MR) is 117 cm³/mol. The van der Waals surface area contributed by atoms with Crippen molar-refractivity contribution in [1.29, 1.82) is 0 Å². The van der Waals surface area contributed by atoms with Crippen LogP contribution in [0.2, 0.25) is 10.0 Å². The number of alkyl halides is 3. The van der Waals surface area contributed by atoms with Crippen molar-refractivity contribution in [3.8, 4) is 0 Å². The molecular weight excluding hydrogens is 500 g/mol. The maximum atomic E-state index is 14.5. The normalized spacial score (nSPS) is 17.3. The summed E-state index contributed by atoms with van der Waals surface area (Å²) in [5.41, 5.74) is -7.39. The van der Waals surface area contributed by atoms with E-state index in [1.165, 1.54) is 6.07 Å². The second-order valence-electron chi connectivity index (χ2n) is 7.33. The van der Waals surface area contributed by atoms with Gasteiger partial charge in [0.1, 0.15) is 11.4 Å². The molecule has 0 bridgehead atoms. The minimum Gasteiger partial charge on any atom is -0.326 e. The molecule has 0 radical (unpaired) electrons. The van der Waals surface area contributed by atoms with Crippen LogP contribution in [0.4, 0.5) is 19.0 Å². The number of nitrogens with one attached hydrogen (secondary N) is 3. The van der Waals surface area contributed by atoms with Crippen molar-refractivity contribution in [2.75, 3.05) is 5.32 Å². The molecule has 1 aliphatic rings. The van der Waals surface area contributed by atoms with Gasteiger partial charge in [0.25, 0.3) is 22.9 Å². The third-order valence-electron chi connectivity index (χ3n) is 5.23. The average Bonchev–Trinajstić information content (AvgIpc) is 3.05. The van der Waals surface area contributed by atoms with Crippen LogP contribution in [0, 0.1) is 0 Å². The lowest BCUT2D eigenvalue weighted by molar-refractivity contribution is -0.196. The van der Waals surface area contributed by atoms with Gasteiger partial charge in [0, 0.05) is 5.02 Å². The second kappa shape index (κ2) is 8.33. The van der Waals surface area contributed by atoms with Gasteiger partial charge in [-0.3, -0.25) is 23.9 Å². The Bertz CT molecular complexity index is 1440. The molecule has 34 heavy (non-hydrogen) atoms. The molecule has 2 aromatic carbocycles. The molecule has 0 unspecified atom stereocenters. The molecule has 13 heteroatoms. The first-order valence-electron chi connectivity index (χ1n) is 9.53. The molecule has 3 N–H and O–H groups in total. The smallest absolute Gasteiger partial charge is 0.326 e. The molecule has 1 atom stereocenters. The summed E-state index contributed by atoms with van der Waals surface area (Å²) in [6, 6.07) is 11.6. The quantitative estimate of drug-likeness (QED) is 0.498. The van der Waals surface area contributed by atoms with Crippen LogP contribution in [0.5, 0.6) is 0 Å². The highest BCUT2D eigenvalue weighted by atomic mass is 35.5. The van der Waals surface area contributed by atoms with Gasteiger partial charge in [-0.05, 0) is 23.8 Å². The highest BCUT2D eigenvalue weighted by Crippen LogP contribution is 2.45. The number of rotatable bonds is 4. The molecule has 2 amide bonds. The van der Waals surface area contributed by atoms with Gasteiger partial charge in [0.2, 0.25) is 0 Å². The van der Waals surface area contributed by atoms with Crippen LogP contribution < -0.4 is 21.9 Å². The monoisotopic (exact) mass is 512 g/mol. The van der Waals surface area contributed by atoms with Crippen LogP contribution in [0.3, 0.4) is 0 Å². The largest absolute Gasteiger partial charge is 0.425 e. The van der Waals surface area contributed by atoms with E-state index in [1.54, 1.807) is 40.6 Å². The van der Waals surface area contributed by atoms with Crippen molar-refractivity contribution >= 4 is 40.8 Å². The fourth-order valence-corrected chi connectivity index (χ4v) is 4.15. The zero-order valence-electron chi connectivity index (χ0n) is 16.8. The molecule has 0 aliphatic carbocycles. The van der Waals surface area contributed by atoms with Gasteiger partial charge < -0.3 is 10.6 Å². The Kier molecular flexibility index (Phi) is 5.78. The summed E-state index contributed by atoms with van der Waals surface area (Å²) in [5, 5.41) is 3.44. The lowest BCUT2D eigenvalue weighted by Gasteiger charge is -2.30. The molecule has 2 heterocycles. The first-order valence-corrected chi connectivity index (χ1v) is 10.3. The van der Waals surface area contributed by atoms with E-state index in [1.807, 2.05) is 5.32 Å². The number of fused-ring (bicyclic) bond motifs is 1. The number of hydrogen-bond donors (Lipinski definition) is 3. The molecule has 0 fully saturated rings. The van der Waals surface area contributed by atoms with Gasteiger partial charge in [0.15, 0.2) is 0 Å². The Morgan fingerprint density at radius 2 is 1.74 bits per heavy atom. The van der Waals surface area contributed by atoms with E-state index in [0.717, 1.165) is 16.7 Å². The van der Waals surface area contributed by atoms with E-state index in [2.05, 4.69) is 0 Å². The molecule has 4 rings (SSSR count). The Morgan fingerprint density at radius 1 is 1.06 bits per heavy atom. The number of benzene rings is 2. The summed E-state index contributed by atoms with van der Waals surface area (Å²) in [7, 11) is 0. The molecule has 176 valence electrons. The fourth-order valence-electron chi connectivity index (χ4n) is 3.65. The van der Waals surface area contributed by atoms with E-state index in [-0.39, 0.29) is 16.6 Å². The van der Waals surface area contributed by atoms with Crippen molar-refractivity contribution in [2.24, 2.45) is 0 Å². The third kappa shape index (κ3) is 3.76. The maximum Gasteiger partial charge on any atom is 0.425 e. The predicted octanol–water partition coefficient (Wildman–Crippen LogP) is 3.03. The molecule has 0 saturated carbocycles. The maximum absolute atomic E-state index is 14.5. The number of hydrogen-bond acceptors (Lipinski definition) is 4. The van der Waals surface area contributed by atoms with Gasteiger partial charge >= 0.3 is 11.9 Å². The molecule has 3 aromatic rings. The highest BCUT2D eigenvalue weighted by molar-refractivity contribution is 6.36. The van der Waals surface area contributed by atoms with Crippen LogP contribution in [0.25, 0.3) is 0 Å². The van der Waals surface area contributed by atoms with Crippen molar-refractivity contribution in [2.45, 2.75) is 18.3 Å². The third-order valence-corrected chi connectivity index (χ3v) is 5.78. The summed E-state index contributed by atoms with van der Waals surface area (Å²) < 4.78 is 44.1. The standard InChI is InChI=1S/C21H13Cl2F3N4O4/c22-11-6-7-12(13(23)8-11)16(31)29-20(21(24,25)26)14-15(27-18(20)33)30(19(34)28-17(14)32)9-10-4-2-1-3-5-10/h1-8H,9H2,(H,27,33)(H,29,31)(H,28,32,34)/t20-/m0/s1. The van der Waals surface area contributed by atoms with E-state index >= 15 is 0 Å². The molecule has 0 spiro atoms. The number of amides is 2. The number of carbonyl (C=O) groups is 2. The van der Waals surface area contributed by atoms with Crippen LogP contribution in [0.1, 0.15) is 21.5 Å². The molecule has 1 aliphatic heterocycles. The van der Waals surface area contributed by atoms with Crippen LogP contribution in [0.15, 0.2) is 58.1 Å². The summed E-state index contributed by atoms with van der Waals surface area (Å²) in [6.07, 6.45) is -5.47. The van der Waals surface area contributed by atoms with Crippen molar-refractivity contribution in [3.63, 3.8) is 0 Å². The summed E-state index contributed by atoms with van der Waals surface area (Å²) >= 11 is 11.7. The number of aromatic nitrogens is 2. The lowest BCUT2D eigenvalue weighted by atomic mass is 9.91. The average molecular weight is 513 g/mol. The van der Waals surface area contributed by atoms with E-state index in [9.17, 15) is 32.3 Å². The number of anilines is 1. The first kappa shape index (κ1) is 23.6. The second-order valence-corrected chi connectivity index (χ2v) is 8.18. The minimum absolute atomic E-state index is 0.123.